The van der Waals surface area contributed by atoms with Crippen molar-refractivity contribution >= 4 is 29.0 Å². The summed E-state index contributed by atoms with van der Waals surface area (Å²) in [6, 6.07) is 6.38. The molecule has 0 aliphatic heterocycles. The van der Waals surface area contributed by atoms with E-state index < -0.39 is 33.8 Å². The fourth-order valence-electron chi connectivity index (χ4n) is 3.20. The van der Waals surface area contributed by atoms with Crippen molar-refractivity contribution in [2.24, 2.45) is 0 Å². The lowest BCUT2D eigenvalue weighted by Crippen LogP contribution is -2.34. The molecular weight excluding hydrogens is 399 g/mol. The number of nitrogens with one attached hydrogen (secondary N) is 2. The number of aryl methyl sites for hydroxylation is 1. The zero-order valence-electron chi connectivity index (χ0n) is 14.3. The quantitative estimate of drug-likeness (QED) is 0.517. The molecule has 0 spiro atoms. The van der Waals surface area contributed by atoms with Gasteiger partial charge in [-0.25, -0.2) is 4.79 Å². The monoisotopic (exact) mass is 413 g/mol. The van der Waals surface area contributed by atoms with Gasteiger partial charge in [-0.05, 0) is 48.6 Å². The Bertz CT molecular complexity index is 934. The van der Waals surface area contributed by atoms with Crippen molar-refractivity contribution in [3.05, 3.63) is 68.2 Å². The number of urea groups is 1. The lowest BCUT2D eigenvalue weighted by atomic mass is 9.87. The Morgan fingerprint density at radius 3 is 2.64 bits per heavy atom. The molecule has 1 unspecified atom stereocenters. The van der Waals surface area contributed by atoms with Crippen LogP contribution < -0.4 is 10.6 Å². The van der Waals surface area contributed by atoms with Crippen LogP contribution in [0, 0.1) is 10.1 Å². The van der Waals surface area contributed by atoms with Gasteiger partial charge in [-0.1, -0.05) is 17.7 Å². The number of benzene rings is 2. The molecule has 1 atom stereocenters. The third-order valence-electron chi connectivity index (χ3n) is 4.49. The fourth-order valence-corrected chi connectivity index (χ4v) is 3.42. The van der Waals surface area contributed by atoms with E-state index in [9.17, 15) is 28.1 Å². The van der Waals surface area contributed by atoms with E-state index in [0.29, 0.717) is 12.0 Å². The Morgan fingerprint density at radius 1 is 1.21 bits per heavy atom. The lowest BCUT2D eigenvalue weighted by molar-refractivity contribution is -0.385. The van der Waals surface area contributed by atoms with Crippen molar-refractivity contribution in [3.8, 4) is 0 Å². The Hall–Kier alpha value is -2.81. The smallest absolute Gasteiger partial charge is 0.331 e. The van der Waals surface area contributed by atoms with Gasteiger partial charge < -0.3 is 10.6 Å². The van der Waals surface area contributed by atoms with E-state index in [-0.39, 0.29) is 11.4 Å². The predicted octanol–water partition coefficient (Wildman–Crippen LogP) is 5.47. The number of carbonyl (C=O) groups excluding carboxylic acids is 1. The van der Waals surface area contributed by atoms with Crippen molar-refractivity contribution in [3.63, 3.8) is 0 Å². The second-order valence-electron chi connectivity index (χ2n) is 6.38. The van der Waals surface area contributed by atoms with Crippen LogP contribution in [0.3, 0.4) is 0 Å². The Kier molecular flexibility index (Phi) is 5.46. The summed E-state index contributed by atoms with van der Waals surface area (Å²) in [5.74, 6) is 0. The van der Waals surface area contributed by atoms with Gasteiger partial charge in [0.2, 0.25) is 0 Å². The van der Waals surface area contributed by atoms with Crippen LogP contribution in [0.5, 0.6) is 0 Å². The van der Waals surface area contributed by atoms with Crippen LogP contribution in [0.25, 0.3) is 0 Å². The Balaban J connectivity index is 1.77. The molecule has 1 aliphatic carbocycles. The molecular formula is C18H15ClF3N3O3. The van der Waals surface area contributed by atoms with Gasteiger partial charge >= 0.3 is 12.2 Å². The molecule has 2 aromatic rings. The van der Waals surface area contributed by atoms with Gasteiger partial charge in [0.25, 0.3) is 5.69 Å². The maximum Gasteiger partial charge on any atom is 0.417 e. The second-order valence-corrected chi connectivity index (χ2v) is 6.78. The summed E-state index contributed by atoms with van der Waals surface area (Å²) in [6.45, 7) is 0. The van der Waals surface area contributed by atoms with Crippen molar-refractivity contribution in [1.29, 1.82) is 0 Å². The van der Waals surface area contributed by atoms with E-state index in [4.69, 9.17) is 11.6 Å². The number of carbonyl (C=O) groups is 1. The predicted molar refractivity (Wildman–Crippen MR) is 97.4 cm³/mol. The summed E-state index contributed by atoms with van der Waals surface area (Å²) in [5.41, 5.74) is 0.339. The Labute approximate surface area is 162 Å². The molecule has 0 radical (unpaired) electrons. The average Bonchev–Trinajstić information content (AvgIpc) is 2.62. The second kappa shape index (κ2) is 7.67. The minimum absolute atomic E-state index is 0.0655. The molecule has 10 heteroatoms. The maximum absolute atomic E-state index is 12.9. The van der Waals surface area contributed by atoms with Gasteiger partial charge in [-0.2, -0.15) is 13.2 Å². The SMILES string of the molecule is O=C(Nc1ccc(Cl)c(C(F)(F)F)c1)NC1CCCc2ccc([N+](=O)[O-])cc21. The zero-order chi connectivity index (χ0) is 20.5. The van der Waals surface area contributed by atoms with E-state index in [1.807, 2.05) is 0 Å². The number of non-ortho nitro benzene ring substituents is 1. The first-order chi connectivity index (χ1) is 13.1. The summed E-state index contributed by atoms with van der Waals surface area (Å²) < 4.78 is 38.8. The van der Waals surface area contributed by atoms with E-state index in [1.54, 1.807) is 6.07 Å². The summed E-state index contributed by atoms with van der Waals surface area (Å²) in [6.07, 6.45) is -2.57. The molecule has 0 saturated heterocycles. The average molecular weight is 414 g/mol. The number of amides is 2. The largest absolute Gasteiger partial charge is 0.417 e. The van der Waals surface area contributed by atoms with Crippen LogP contribution >= 0.6 is 11.6 Å². The number of anilines is 1. The molecule has 0 heterocycles. The highest BCUT2D eigenvalue weighted by atomic mass is 35.5. The summed E-state index contributed by atoms with van der Waals surface area (Å²) in [7, 11) is 0. The van der Waals surface area contributed by atoms with E-state index >= 15 is 0 Å². The number of nitrogens with zero attached hydrogens (tertiary/aromatic N) is 1. The lowest BCUT2D eigenvalue weighted by Gasteiger charge is -2.26. The van der Waals surface area contributed by atoms with E-state index in [2.05, 4.69) is 10.6 Å². The molecule has 2 amide bonds. The van der Waals surface area contributed by atoms with Crippen LogP contribution in [-0.4, -0.2) is 11.0 Å². The maximum atomic E-state index is 12.9. The topological polar surface area (TPSA) is 84.3 Å². The molecule has 0 bridgehead atoms. The number of nitro groups is 1. The molecule has 2 N–H and O–H groups in total. The molecule has 3 rings (SSSR count). The third-order valence-corrected chi connectivity index (χ3v) is 4.82. The van der Waals surface area contributed by atoms with Gasteiger partial charge in [0.15, 0.2) is 0 Å². The molecule has 2 aromatic carbocycles. The van der Waals surface area contributed by atoms with Crippen LogP contribution in [0.15, 0.2) is 36.4 Å². The number of nitro benzene ring substituents is 1. The van der Waals surface area contributed by atoms with Gasteiger partial charge in [0, 0.05) is 17.8 Å². The van der Waals surface area contributed by atoms with Gasteiger partial charge in [0.1, 0.15) is 0 Å². The Morgan fingerprint density at radius 2 is 1.96 bits per heavy atom. The highest BCUT2D eigenvalue weighted by Crippen LogP contribution is 2.36. The minimum atomic E-state index is -4.65. The van der Waals surface area contributed by atoms with Gasteiger partial charge in [-0.15, -0.1) is 0 Å². The summed E-state index contributed by atoms with van der Waals surface area (Å²) >= 11 is 5.57. The van der Waals surface area contributed by atoms with Crippen molar-refractivity contribution in [2.45, 2.75) is 31.5 Å². The van der Waals surface area contributed by atoms with E-state index in [1.165, 1.54) is 18.2 Å². The normalized spacial score (nSPS) is 16.2. The molecule has 0 saturated carbocycles. The fraction of sp³-hybridized carbons (Fsp3) is 0.278. The minimum Gasteiger partial charge on any atom is -0.331 e. The van der Waals surface area contributed by atoms with Crippen molar-refractivity contribution < 1.29 is 22.9 Å². The third kappa shape index (κ3) is 4.36. The number of alkyl halides is 3. The van der Waals surface area contributed by atoms with Crippen molar-refractivity contribution in [1.82, 2.24) is 5.32 Å². The first-order valence-electron chi connectivity index (χ1n) is 8.36. The molecule has 148 valence electrons. The first-order valence-corrected chi connectivity index (χ1v) is 8.74. The van der Waals surface area contributed by atoms with Crippen LogP contribution in [0.4, 0.5) is 29.3 Å². The number of rotatable bonds is 3. The highest BCUT2D eigenvalue weighted by molar-refractivity contribution is 6.31. The van der Waals surface area contributed by atoms with E-state index in [0.717, 1.165) is 30.5 Å². The van der Waals surface area contributed by atoms with Gasteiger partial charge in [-0.3, -0.25) is 10.1 Å². The first kappa shape index (κ1) is 19.9. The van der Waals surface area contributed by atoms with Gasteiger partial charge in [0.05, 0.1) is 21.6 Å². The van der Waals surface area contributed by atoms with Crippen LogP contribution in [0.1, 0.15) is 35.6 Å². The highest BCUT2D eigenvalue weighted by Gasteiger charge is 2.33. The molecule has 0 aromatic heterocycles. The number of hydrogen-bond acceptors (Lipinski definition) is 3. The molecule has 28 heavy (non-hydrogen) atoms. The molecule has 6 nitrogen and oxygen atoms in total. The van der Waals surface area contributed by atoms with Crippen LogP contribution in [-0.2, 0) is 12.6 Å². The zero-order valence-corrected chi connectivity index (χ0v) is 15.1. The number of halogens is 4. The summed E-state index contributed by atoms with van der Waals surface area (Å²) in [4.78, 5) is 22.8. The molecule has 0 fully saturated rings. The number of fused-ring (bicyclic) bond motifs is 1. The number of hydrogen-bond donors (Lipinski definition) is 2. The standard InChI is InChI=1S/C18H15ClF3N3O3/c19-15-7-5-11(8-14(15)18(20,21)22)23-17(26)24-16-3-1-2-10-4-6-12(25(27)28)9-13(10)16/h4-9,16H,1-3H2,(H2,23,24,26). The summed E-state index contributed by atoms with van der Waals surface area (Å²) in [5, 5.41) is 15.6. The van der Waals surface area contributed by atoms with Crippen molar-refractivity contribution in [2.75, 3.05) is 5.32 Å². The van der Waals surface area contributed by atoms with Crippen LogP contribution in [0.2, 0.25) is 5.02 Å². The molecule has 1 aliphatic rings.